The molecule has 0 heterocycles. The van der Waals surface area contributed by atoms with Crippen molar-refractivity contribution in [2.75, 3.05) is 26.2 Å². The Morgan fingerprint density at radius 2 is 1.47 bits per heavy atom. The van der Waals surface area contributed by atoms with Crippen LogP contribution in [0.15, 0.2) is 0 Å². The monoisotopic (exact) mass is 243 g/mol. The molecule has 0 aliphatic rings. The van der Waals surface area contributed by atoms with Gasteiger partial charge in [0.05, 0.1) is 6.61 Å². The fourth-order valence-electron chi connectivity index (χ4n) is 1.75. The van der Waals surface area contributed by atoms with E-state index < -0.39 is 0 Å². The summed E-state index contributed by atoms with van der Waals surface area (Å²) in [7, 11) is 0. The van der Waals surface area contributed by atoms with Crippen molar-refractivity contribution in [3.63, 3.8) is 0 Å². The number of rotatable bonds is 11. The van der Waals surface area contributed by atoms with Crippen molar-refractivity contribution < 1.29 is 9.53 Å². The van der Waals surface area contributed by atoms with Gasteiger partial charge in [0.1, 0.15) is 0 Å². The molecule has 0 bridgehead atoms. The third-order valence-corrected chi connectivity index (χ3v) is 2.83. The zero-order valence-electron chi connectivity index (χ0n) is 11.8. The summed E-state index contributed by atoms with van der Waals surface area (Å²) in [5.41, 5.74) is 0. The SMILES string of the molecule is CCCCN(CCCC)CCCCOC(C)=O. The lowest BCUT2D eigenvalue weighted by molar-refractivity contribution is -0.141. The van der Waals surface area contributed by atoms with E-state index in [1.165, 1.54) is 45.7 Å². The quantitative estimate of drug-likeness (QED) is 0.412. The van der Waals surface area contributed by atoms with Gasteiger partial charge in [-0.15, -0.1) is 0 Å². The summed E-state index contributed by atoms with van der Waals surface area (Å²) in [6.07, 6.45) is 7.20. The van der Waals surface area contributed by atoms with Gasteiger partial charge < -0.3 is 9.64 Å². The Hall–Kier alpha value is -0.570. The smallest absolute Gasteiger partial charge is 0.302 e. The summed E-state index contributed by atoms with van der Waals surface area (Å²) in [5, 5.41) is 0. The second kappa shape index (κ2) is 11.9. The van der Waals surface area contributed by atoms with E-state index >= 15 is 0 Å². The van der Waals surface area contributed by atoms with Crippen molar-refractivity contribution in [1.29, 1.82) is 0 Å². The van der Waals surface area contributed by atoms with Crippen LogP contribution in [0.1, 0.15) is 59.3 Å². The lowest BCUT2D eigenvalue weighted by Crippen LogP contribution is -2.27. The van der Waals surface area contributed by atoms with Crippen LogP contribution in [0.2, 0.25) is 0 Å². The number of esters is 1. The molecule has 0 atom stereocenters. The fraction of sp³-hybridized carbons (Fsp3) is 0.929. The minimum atomic E-state index is -0.168. The first kappa shape index (κ1) is 16.4. The molecule has 17 heavy (non-hydrogen) atoms. The van der Waals surface area contributed by atoms with Gasteiger partial charge in [-0.3, -0.25) is 4.79 Å². The van der Waals surface area contributed by atoms with E-state index in [0.717, 1.165) is 19.4 Å². The van der Waals surface area contributed by atoms with Gasteiger partial charge in [-0.2, -0.15) is 0 Å². The molecule has 0 amide bonds. The van der Waals surface area contributed by atoms with Gasteiger partial charge in [0.15, 0.2) is 0 Å². The Labute approximate surface area is 107 Å². The minimum Gasteiger partial charge on any atom is -0.466 e. The molecule has 3 nitrogen and oxygen atoms in total. The van der Waals surface area contributed by atoms with Gasteiger partial charge in [-0.25, -0.2) is 0 Å². The first-order valence-electron chi connectivity index (χ1n) is 7.06. The summed E-state index contributed by atoms with van der Waals surface area (Å²) < 4.78 is 4.93. The van der Waals surface area contributed by atoms with Gasteiger partial charge in [0.2, 0.25) is 0 Å². The Kier molecular flexibility index (Phi) is 11.5. The summed E-state index contributed by atoms with van der Waals surface area (Å²) >= 11 is 0. The van der Waals surface area contributed by atoms with Crippen LogP contribution in [0.4, 0.5) is 0 Å². The van der Waals surface area contributed by atoms with Crippen LogP contribution >= 0.6 is 0 Å². The van der Waals surface area contributed by atoms with Crippen molar-refractivity contribution in [2.45, 2.75) is 59.3 Å². The Morgan fingerprint density at radius 3 is 1.94 bits per heavy atom. The molecule has 0 aromatic carbocycles. The zero-order chi connectivity index (χ0) is 12.9. The van der Waals surface area contributed by atoms with Crippen molar-refractivity contribution in [3.05, 3.63) is 0 Å². The number of carbonyl (C=O) groups excluding carboxylic acids is 1. The summed E-state index contributed by atoms with van der Waals surface area (Å²) in [4.78, 5) is 13.1. The predicted molar refractivity (Wildman–Crippen MR) is 72.1 cm³/mol. The maximum Gasteiger partial charge on any atom is 0.302 e. The molecule has 0 N–H and O–H groups in total. The average Bonchev–Trinajstić information content (AvgIpc) is 2.30. The predicted octanol–water partition coefficient (Wildman–Crippen LogP) is 3.23. The van der Waals surface area contributed by atoms with Crippen LogP contribution in [-0.4, -0.2) is 37.1 Å². The van der Waals surface area contributed by atoms with Crippen LogP contribution in [0.5, 0.6) is 0 Å². The highest BCUT2D eigenvalue weighted by atomic mass is 16.5. The first-order valence-corrected chi connectivity index (χ1v) is 7.06. The number of carbonyl (C=O) groups is 1. The fourth-order valence-corrected chi connectivity index (χ4v) is 1.75. The summed E-state index contributed by atoms with van der Waals surface area (Å²) in [6, 6.07) is 0. The average molecular weight is 243 g/mol. The summed E-state index contributed by atoms with van der Waals surface area (Å²) in [6.45, 7) is 10.1. The molecular formula is C14H29NO2. The maximum atomic E-state index is 10.6. The number of hydrogen-bond donors (Lipinski definition) is 0. The van der Waals surface area contributed by atoms with E-state index in [9.17, 15) is 4.79 Å². The normalized spacial score (nSPS) is 10.8. The number of unbranched alkanes of at least 4 members (excludes halogenated alkanes) is 3. The van der Waals surface area contributed by atoms with E-state index in [1.54, 1.807) is 0 Å². The molecule has 0 aromatic heterocycles. The molecule has 3 heteroatoms. The second-order valence-corrected chi connectivity index (χ2v) is 4.60. The second-order valence-electron chi connectivity index (χ2n) is 4.60. The van der Waals surface area contributed by atoms with Crippen molar-refractivity contribution in [2.24, 2.45) is 0 Å². The van der Waals surface area contributed by atoms with E-state index in [-0.39, 0.29) is 5.97 Å². The molecule has 0 fully saturated rings. The number of nitrogens with zero attached hydrogens (tertiary/aromatic N) is 1. The molecular weight excluding hydrogens is 214 g/mol. The van der Waals surface area contributed by atoms with Gasteiger partial charge in [0.25, 0.3) is 0 Å². The molecule has 0 aliphatic heterocycles. The van der Waals surface area contributed by atoms with E-state index in [4.69, 9.17) is 4.74 Å². The van der Waals surface area contributed by atoms with Crippen LogP contribution in [0.25, 0.3) is 0 Å². The van der Waals surface area contributed by atoms with Gasteiger partial charge in [0, 0.05) is 6.92 Å². The molecule has 102 valence electrons. The Morgan fingerprint density at radius 1 is 0.941 bits per heavy atom. The topological polar surface area (TPSA) is 29.5 Å². The number of hydrogen-bond acceptors (Lipinski definition) is 3. The molecule has 0 aliphatic carbocycles. The standard InChI is InChI=1S/C14H29NO2/c1-4-6-10-15(11-7-5-2)12-8-9-13-17-14(3)16/h4-13H2,1-3H3. The van der Waals surface area contributed by atoms with Crippen LogP contribution in [0.3, 0.4) is 0 Å². The maximum absolute atomic E-state index is 10.6. The third kappa shape index (κ3) is 11.7. The molecule has 0 saturated heterocycles. The molecule has 0 aromatic rings. The molecule has 0 unspecified atom stereocenters. The van der Waals surface area contributed by atoms with E-state index in [2.05, 4.69) is 18.7 Å². The third-order valence-electron chi connectivity index (χ3n) is 2.83. The largest absolute Gasteiger partial charge is 0.466 e. The molecule has 0 rings (SSSR count). The van der Waals surface area contributed by atoms with E-state index in [0.29, 0.717) is 6.61 Å². The molecule has 0 radical (unpaired) electrons. The van der Waals surface area contributed by atoms with Gasteiger partial charge >= 0.3 is 5.97 Å². The lowest BCUT2D eigenvalue weighted by atomic mass is 10.2. The lowest BCUT2D eigenvalue weighted by Gasteiger charge is -2.21. The zero-order valence-corrected chi connectivity index (χ0v) is 11.8. The Balaban J connectivity index is 3.55. The Bertz CT molecular complexity index is 175. The van der Waals surface area contributed by atoms with Crippen LogP contribution in [-0.2, 0) is 9.53 Å². The minimum absolute atomic E-state index is 0.168. The van der Waals surface area contributed by atoms with Crippen molar-refractivity contribution >= 4 is 5.97 Å². The highest BCUT2D eigenvalue weighted by Crippen LogP contribution is 2.02. The van der Waals surface area contributed by atoms with Gasteiger partial charge in [-0.1, -0.05) is 26.7 Å². The van der Waals surface area contributed by atoms with Crippen LogP contribution in [0, 0.1) is 0 Å². The highest BCUT2D eigenvalue weighted by molar-refractivity contribution is 5.65. The van der Waals surface area contributed by atoms with Gasteiger partial charge in [-0.05, 0) is 45.3 Å². The molecule has 0 saturated carbocycles. The highest BCUT2D eigenvalue weighted by Gasteiger charge is 2.03. The van der Waals surface area contributed by atoms with Crippen molar-refractivity contribution in [1.82, 2.24) is 4.90 Å². The number of ether oxygens (including phenoxy) is 1. The molecule has 0 spiro atoms. The first-order chi connectivity index (χ1) is 8.20. The summed E-state index contributed by atoms with van der Waals surface area (Å²) in [5.74, 6) is -0.168. The van der Waals surface area contributed by atoms with E-state index in [1.807, 2.05) is 0 Å². The van der Waals surface area contributed by atoms with Crippen molar-refractivity contribution in [3.8, 4) is 0 Å². The van der Waals surface area contributed by atoms with Crippen LogP contribution < -0.4 is 0 Å².